The molecule has 2 rings (SSSR count). The highest BCUT2D eigenvalue weighted by Crippen LogP contribution is 2.28. The fraction of sp³-hybridized carbons (Fsp3) is 0.231. The summed E-state index contributed by atoms with van der Waals surface area (Å²) in [5, 5.41) is 8.53. The number of thiophene rings is 1. The maximum atomic E-state index is 5.89. The Balaban J connectivity index is 2.26. The zero-order chi connectivity index (χ0) is 11.4. The van der Waals surface area contributed by atoms with Crippen LogP contribution in [0.15, 0.2) is 35.0 Å². The Morgan fingerprint density at radius 1 is 1.19 bits per heavy atom. The summed E-state index contributed by atoms with van der Waals surface area (Å²) >= 11 is 7.63. The molecule has 0 spiro atoms. The van der Waals surface area contributed by atoms with Crippen molar-refractivity contribution in [2.75, 3.05) is 6.54 Å². The predicted molar refractivity (Wildman–Crippen MR) is 72.1 cm³/mol. The van der Waals surface area contributed by atoms with Crippen LogP contribution in [0.3, 0.4) is 0 Å². The topological polar surface area (TPSA) is 12.0 Å². The summed E-state index contributed by atoms with van der Waals surface area (Å²) in [6.45, 7) is 4.04. The van der Waals surface area contributed by atoms with E-state index in [1.807, 2.05) is 12.1 Å². The van der Waals surface area contributed by atoms with Gasteiger partial charge in [-0.25, -0.2) is 0 Å². The molecule has 0 radical (unpaired) electrons. The molecule has 1 heterocycles. The molecular weight excluding hydrogens is 238 g/mol. The van der Waals surface area contributed by atoms with Crippen LogP contribution >= 0.6 is 22.9 Å². The van der Waals surface area contributed by atoms with E-state index in [1.54, 1.807) is 11.3 Å². The second kappa shape index (κ2) is 5.48. The number of hydrogen-bond donors (Lipinski definition) is 1. The van der Waals surface area contributed by atoms with Crippen LogP contribution in [-0.2, 0) is 6.54 Å². The SMILES string of the molecule is CCNCc1cscc1-c1ccc(Cl)cc1. The van der Waals surface area contributed by atoms with Crippen LogP contribution in [0.4, 0.5) is 0 Å². The van der Waals surface area contributed by atoms with Gasteiger partial charge in [-0.1, -0.05) is 30.7 Å². The normalized spacial score (nSPS) is 10.6. The summed E-state index contributed by atoms with van der Waals surface area (Å²) in [7, 11) is 0. The van der Waals surface area contributed by atoms with Crippen molar-refractivity contribution in [1.29, 1.82) is 0 Å². The van der Waals surface area contributed by atoms with Crippen molar-refractivity contribution < 1.29 is 0 Å². The number of hydrogen-bond acceptors (Lipinski definition) is 2. The lowest BCUT2D eigenvalue weighted by Crippen LogP contribution is -2.11. The largest absolute Gasteiger partial charge is 0.313 e. The molecule has 0 aliphatic carbocycles. The smallest absolute Gasteiger partial charge is 0.0406 e. The monoisotopic (exact) mass is 251 g/mol. The average Bonchev–Trinajstić information content (AvgIpc) is 2.75. The van der Waals surface area contributed by atoms with Gasteiger partial charge in [-0.15, -0.1) is 0 Å². The van der Waals surface area contributed by atoms with E-state index in [4.69, 9.17) is 11.6 Å². The van der Waals surface area contributed by atoms with E-state index < -0.39 is 0 Å². The first-order valence-electron chi connectivity index (χ1n) is 5.33. The van der Waals surface area contributed by atoms with Crippen molar-refractivity contribution in [2.45, 2.75) is 13.5 Å². The van der Waals surface area contributed by atoms with E-state index in [0.29, 0.717) is 0 Å². The standard InChI is InChI=1S/C13H14ClNS/c1-2-15-7-11-8-16-9-13(11)10-3-5-12(14)6-4-10/h3-6,8-9,15H,2,7H2,1H3. The molecule has 1 N–H and O–H groups in total. The molecule has 3 heteroatoms. The van der Waals surface area contributed by atoms with Gasteiger partial charge in [-0.3, -0.25) is 0 Å². The van der Waals surface area contributed by atoms with Crippen LogP contribution in [0, 0.1) is 0 Å². The van der Waals surface area contributed by atoms with Gasteiger partial charge in [0.15, 0.2) is 0 Å². The lowest BCUT2D eigenvalue weighted by Gasteiger charge is -2.05. The lowest BCUT2D eigenvalue weighted by atomic mass is 10.1. The third-order valence-electron chi connectivity index (χ3n) is 2.46. The second-order valence-electron chi connectivity index (χ2n) is 3.60. The molecule has 0 atom stereocenters. The van der Waals surface area contributed by atoms with Gasteiger partial charge in [0.1, 0.15) is 0 Å². The number of halogens is 1. The molecule has 1 aromatic heterocycles. The number of nitrogens with one attached hydrogen (secondary N) is 1. The van der Waals surface area contributed by atoms with E-state index in [1.165, 1.54) is 16.7 Å². The Morgan fingerprint density at radius 2 is 1.94 bits per heavy atom. The van der Waals surface area contributed by atoms with Crippen molar-refractivity contribution in [3.63, 3.8) is 0 Å². The highest BCUT2D eigenvalue weighted by Gasteiger charge is 2.05. The maximum Gasteiger partial charge on any atom is 0.0406 e. The zero-order valence-electron chi connectivity index (χ0n) is 9.16. The van der Waals surface area contributed by atoms with Crippen LogP contribution in [0.5, 0.6) is 0 Å². The summed E-state index contributed by atoms with van der Waals surface area (Å²) in [5.41, 5.74) is 3.90. The lowest BCUT2D eigenvalue weighted by molar-refractivity contribution is 0.729. The molecule has 0 saturated carbocycles. The minimum absolute atomic E-state index is 0.784. The second-order valence-corrected chi connectivity index (χ2v) is 4.78. The van der Waals surface area contributed by atoms with E-state index in [0.717, 1.165) is 18.1 Å². The van der Waals surface area contributed by atoms with Crippen LogP contribution < -0.4 is 5.32 Å². The fourth-order valence-electron chi connectivity index (χ4n) is 1.60. The quantitative estimate of drug-likeness (QED) is 0.860. The highest BCUT2D eigenvalue weighted by atomic mass is 35.5. The van der Waals surface area contributed by atoms with Crippen molar-refractivity contribution >= 4 is 22.9 Å². The molecule has 2 aromatic rings. The fourth-order valence-corrected chi connectivity index (χ4v) is 2.59. The van der Waals surface area contributed by atoms with Gasteiger partial charge in [-0.2, -0.15) is 11.3 Å². The molecule has 84 valence electrons. The molecule has 0 bridgehead atoms. The molecule has 0 aliphatic heterocycles. The summed E-state index contributed by atoms with van der Waals surface area (Å²) < 4.78 is 0. The Morgan fingerprint density at radius 3 is 2.62 bits per heavy atom. The molecule has 16 heavy (non-hydrogen) atoms. The summed E-state index contributed by atoms with van der Waals surface area (Å²) in [4.78, 5) is 0. The van der Waals surface area contributed by atoms with Crippen molar-refractivity contribution in [3.05, 3.63) is 45.6 Å². The molecule has 0 aliphatic rings. The Kier molecular flexibility index (Phi) is 3.99. The Labute approximate surface area is 105 Å². The Bertz CT molecular complexity index is 447. The first-order chi connectivity index (χ1) is 7.81. The van der Waals surface area contributed by atoms with E-state index in [2.05, 4.69) is 35.1 Å². The van der Waals surface area contributed by atoms with Gasteiger partial charge in [0.05, 0.1) is 0 Å². The summed E-state index contributed by atoms with van der Waals surface area (Å²) in [6, 6.07) is 8.01. The third-order valence-corrected chi connectivity index (χ3v) is 3.51. The maximum absolute atomic E-state index is 5.89. The molecule has 0 amide bonds. The molecule has 1 aromatic carbocycles. The molecule has 1 nitrogen and oxygen atoms in total. The van der Waals surface area contributed by atoms with Gasteiger partial charge >= 0.3 is 0 Å². The molecule has 0 saturated heterocycles. The highest BCUT2D eigenvalue weighted by molar-refractivity contribution is 7.08. The minimum Gasteiger partial charge on any atom is -0.313 e. The van der Waals surface area contributed by atoms with Crippen molar-refractivity contribution in [2.24, 2.45) is 0 Å². The first-order valence-corrected chi connectivity index (χ1v) is 6.65. The van der Waals surface area contributed by atoms with Gasteiger partial charge in [0, 0.05) is 11.6 Å². The third kappa shape index (κ3) is 2.64. The molecule has 0 fully saturated rings. The number of benzene rings is 1. The average molecular weight is 252 g/mol. The van der Waals surface area contributed by atoms with Gasteiger partial charge in [-0.05, 0) is 46.1 Å². The van der Waals surface area contributed by atoms with Crippen LogP contribution in [0.25, 0.3) is 11.1 Å². The minimum atomic E-state index is 0.784. The zero-order valence-corrected chi connectivity index (χ0v) is 10.7. The van der Waals surface area contributed by atoms with E-state index in [-0.39, 0.29) is 0 Å². The molecular formula is C13H14ClNS. The van der Waals surface area contributed by atoms with E-state index >= 15 is 0 Å². The van der Waals surface area contributed by atoms with Crippen LogP contribution in [0.1, 0.15) is 12.5 Å². The van der Waals surface area contributed by atoms with Gasteiger partial charge < -0.3 is 5.32 Å². The predicted octanol–water partition coefficient (Wildman–Crippen LogP) is 4.18. The van der Waals surface area contributed by atoms with E-state index in [9.17, 15) is 0 Å². The Hall–Kier alpha value is -0.830. The molecule has 0 unspecified atom stereocenters. The van der Waals surface area contributed by atoms with Crippen LogP contribution in [0.2, 0.25) is 5.02 Å². The van der Waals surface area contributed by atoms with Crippen LogP contribution in [-0.4, -0.2) is 6.54 Å². The van der Waals surface area contributed by atoms with Crippen molar-refractivity contribution in [1.82, 2.24) is 5.32 Å². The summed E-state index contributed by atoms with van der Waals surface area (Å²) in [5.74, 6) is 0. The number of rotatable bonds is 4. The van der Waals surface area contributed by atoms with Gasteiger partial charge in [0.25, 0.3) is 0 Å². The van der Waals surface area contributed by atoms with Gasteiger partial charge in [0.2, 0.25) is 0 Å². The summed E-state index contributed by atoms with van der Waals surface area (Å²) in [6.07, 6.45) is 0. The van der Waals surface area contributed by atoms with Crippen molar-refractivity contribution in [3.8, 4) is 11.1 Å². The first kappa shape index (κ1) is 11.6.